The Labute approximate surface area is 86.5 Å². The summed E-state index contributed by atoms with van der Waals surface area (Å²) in [6, 6.07) is 6.16. The predicted octanol–water partition coefficient (Wildman–Crippen LogP) is 1.92. The third kappa shape index (κ3) is 1.72. The van der Waals surface area contributed by atoms with Gasteiger partial charge < -0.3 is 9.84 Å². The molecule has 0 saturated carbocycles. The standard InChI is InChI=1S/C11H11FO3/c12-9-4-2-1-3-8(9)11(5-6-15-11)7-10(13)14/h1-4H,5-7H2,(H,13,14). The van der Waals surface area contributed by atoms with Crippen LogP contribution in [0.1, 0.15) is 18.4 Å². The first-order chi connectivity index (χ1) is 7.14. The molecule has 1 atom stereocenters. The van der Waals surface area contributed by atoms with Crippen LogP contribution in [-0.4, -0.2) is 17.7 Å². The fourth-order valence-electron chi connectivity index (χ4n) is 1.87. The van der Waals surface area contributed by atoms with Gasteiger partial charge >= 0.3 is 5.97 Å². The van der Waals surface area contributed by atoms with E-state index in [0.29, 0.717) is 18.6 Å². The van der Waals surface area contributed by atoms with Crippen molar-refractivity contribution in [2.45, 2.75) is 18.4 Å². The van der Waals surface area contributed by atoms with Crippen molar-refractivity contribution in [2.75, 3.05) is 6.61 Å². The van der Waals surface area contributed by atoms with E-state index in [9.17, 15) is 9.18 Å². The Hall–Kier alpha value is -1.42. The molecule has 0 aliphatic carbocycles. The summed E-state index contributed by atoms with van der Waals surface area (Å²) in [5.41, 5.74) is -0.601. The predicted molar refractivity (Wildman–Crippen MR) is 50.9 cm³/mol. The lowest BCUT2D eigenvalue weighted by atomic mass is 9.83. The van der Waals surface area contributed by atoms with Crippen LogP contribution in [0, 0.1) is 5.82 Å². The maximum Gasteiger partial charge on any atom is 0.306 e. The summed E-state index contributed by atoms with van der Waals surface area (Å²) in [5.74, 6) is -1.38. The van der Waals surface area contributed by atoms with Crippen molar-refractivity contribution in [2.24, 2.45) is 0 Å². The molecule has 1 heterocycles. The Bertz CT molecular complexity index is 385. The lowest BCUT2D eigenvalue weighted by Gasteiger charge is -2.41. The van der Waals surface area contributed by atoms with E-state index >= 15 is 0 Å². The summed E-state index contributed by atoms with van der Waals surface area (Å²) in [4.78, 5) is 10.7. The van der Waals surface area contributed by atoms with Gasteiger partial charge in [-0.1, -0.05) is 18.2 Å². The molecule has 3 nitrogen and oxygen atoms in total. The Morgan fingerprint density at radius 3 is 2.67 bits per heavy atom. The van der Waals surface area contributed by atoms with Crippen molar-refractivity contribution in [3.05, 3.63) is 35.6 Å². The molecule has 1 aromatic carbocycles. The second-order valence-electron chi connectivity index (χ2n) is 3.64. The molecule has 1 N–H and O–H groups in total. The van der Waals surface area contributed by atoms with Crippen LogP contribution in [0.5, 0.6) is 0 Å². The number of carbonyl (C=O) groups is 1. The smallest absolute Gasteiger partial charge is 0.306 e. The number of hydrogen-bond acceptors (Lipinski definition) is 2. The number of halogens is 1. The zero-order valence-electron chi connectivity index (χ0n) is 8.07. The first kappa shape index (κ1) is 10.1. The molecule has 4 heteroatoms. The van der Waals surface area contributed by atoms with Crippen LogP contribution in [0.2, 0.25) is 0 Å². The average Bonchev–Trinajstić information content (AvgIpc) is 2.12. The molecule has 1 fully saturated rings. The van der Waals surface area contributed by atoms with Crippen LogP contribution in [0.4, 0.5) is 4.39 Å². The van der Waals surface area contributed by atoms with Gasteiger partial charge in [-0.15, -0.1) is 0 Å². The van der Waals surface area contributed by atoms with Crippen LogP contribution >= 0.6 is 0 Å². The maximum atomic E-state index is 13.5. The number of ether oxygens (including phenoxy) is 1. The van der Waals surface area contributed by atoms with E-state index in [4.69, 9.17) is 9.84 Å². The SMILES string of the molecule is O=C(O)CC1(c2ccccc2F)CCO1. The topological polar surface area (TPSA) is 46.5 Å². The molecule has 0 radical (unpaired) electrons. The van der Waals surface area contributed by atoms with E-state index in [-0.39, 0.29) is 6.42 Å². The molecule has 0 aromatic heterocycles. The van der Waals surface area contributed by atoms with E-state index in [1.807, 2.05) is 0 Å². The van der Waals surface area contributed by atoms with E-state index in [2.05, 4.69) is 0 Å². The maximum absolute atomic E-state index is 13.5. The molecule has 1 aliphatic heterocycles. The van der Waals surface area contributed by atoms with Crippen molar-refractivity contribution in [3.8, 4) is 0 Å². The van der Waals surface area contributed by atoms with Crippen LogP contribution < -0.4 is 0 Å². The van der Waals surface area contributed by atoms with Crippen LogP contribution in [-0.2, 0) is 15.1 Å². The molecular formula is C11H11FO3. The van der Waals surface area contributed by atoms with Crippen molar-refractivity contribution >= 4 is 5.97 Å². The zero-order chi connectivity index (χ0) is 10.9. The van der Waals surface area contributed by atoms with Crippen molar-refractivity contribution < 1.29 is 19.0 Å². The third-order valence-corrected chi connectivity index (χ3v) is 2.69. The summed E-state index contributed by atoms with van der Waals surface area (Å²) in [5, 5.41) is 8.76. The van der Waals surface area contributed by atoms with E-state index in [1.54, 1.807) is 18.2 Å². The van der Waals surface area contributed by atoms with Crippen LogP contribution in [0.25, 0.3) is 0 Å². The summed E-state index contributed by atoms with van der Waals surface area (Å²) in [6.07, 6.45) is 0.369. The van der Waals surface area contributed by atoms with E-state index < -0.39 is 17.4 Å². The first-order valence-electron chi connectivity index (χ1n) is 4.75. The first-order valence-corrected chi connectivity index (χ1v) is 4.75. The molecular weight excluding hydrogens is 199 g/mol. The lowest BCUT2D eigenvalue weighted by Crippen LogP contribution is -2.43. The highest BCUT2D eigenvalue weighted by Crippen LogP contribution is 2.41. The number of carboxylic acids is 1. The Morgan fingerprint density at radius 1 is 1.53 bits per heavy atom. The molecule has 0 bridgehead atoms. The Balaban J connectivity index is 2.34. The second kappa shape index (κ2) is 3.62. The lowest BCUT2D eigenvalue weighted by molar-refractivity contribution is -0.177. The van der Waals surface area contributed by atoms with Gasteiger partial charge in [0, 0.05) is 12.0 Å². The van der Waals surface area contributed by atoms with Crippen molar-refractivity contribution in [1.82, 2.24) is 0 Å². The van der Waals surface area contributed by atoms with Crippen LogP contribution in [0.15, 0.2) is 24.3 Å². The quantitative estimate of drug-likeness (QED) is 0.829. The highest BCUT2D eigenvalue weighted by atomic mass is 19.1. The van der Waals surface area contributed by atoms with Gasteiger partial charge in [0.1, 0.15) is 11.4 Å². The third-order valence-electron chi connectivity index (χ3n) is 2.69. The molecule has 1 unspecified atom stereocenters. The molecule has 0 spiro atoms. The van der Waals surface area contributed by atoms with Crippen molar-refractivity contribution in [1.29, 1.82) is 0 Å². The molecule has 1 aliphatic rings. The average molecular weight is 210 g/mol. The molecule has 15 heavy (non-hydrogen) atoms. The van der Waals surface area contributed by atoms with Gasteiger partial charge in [0.05, 0.1) is 13.0 Å². The van der Waals surface area contributed by atoms with Crippen molar-refractivity contribution in [3.63, 3.8) is 0 Å². The second-order valence-corrected chi connectivity index (χ2v) is 3.64. The minimum absolute atomic E-state index is 0.187. The summed E-state index contributed by atoms with van der Waals surface area (Å²) >= 11 is 0. The van der Waals surface area contributed by atoms with Gasteiger partial charge in [-0.2, -0.15) is 0 Å². The van der Waals surface area contributed by atoms with E-state index in [1.165, 1.54) is 6.07 Å². The number of aliphatic carboxylic acids is 1. The minimum Gasteiger partial charge on any atom is -0.481 e. The summed E-state index contributed by atoms with van der Waals surface area (Å²) in [6.45, 7) is 0.488. The number of carboxylic acid groups (broad SMARTS) is 1. The molecule has 2 rings (SSSR count). The zero-order valence-corrected chi connectivity index (χ0v) is 8.07. The van der Waals surface area contributed by atoms with Gasteiger partial charge in [-0.3, -0.25) is 4.79 Å². The van der Waals surface area contributed by atoms with Gasteiger partial charge in [-0.05, 0) is 6.07 Å². The van der Waals surface area contributed by atoms with Gasteiger partial charge in [0.15, 0.2) is 0 Å². The van der Waals surface area contributed by atoms with Gasteiger partial charge in [-0.25, -0.2) is 4.39 Å². The minimum atomic E-state index is -0.974. The Kier molecular flexibility index (Phi) is 2.44. The highest BCUT2D eigenvalue weighted by molar-refractivity contribution is 5.69. The van der Waals surface area contributed by atoms with Crippen LogP contribution in [0.3, 0.4) is 0 Å². The fraction of sp³-hybridized carbons (Fsp3) is 0.364. The molecule has 1 saturated heterocycles. The van der Waals surface area contributed by atoms with E-state index in [0.717, 1.165) is 0 Å². The Morgan fingerprint density at radius 2 is 2.20 bits per heavy atom. The largest absolute Gasteiger partial charge is 0.481 e. The monoisotopic (exact) mass is 210 g/mol. The summed E-state index contributed by atoms with van der Waals surface area (Å²) in [7, 11) is 0. The van der Waals surface area contributed by atoms with Gasteiger partial charge in [0.25, 0.3) is 0 Å². The fourth-order valence-corrected chi connectivity index (χ4v) is 1.87. The highest BCUT2D eigenvalue weighted by Gasteiger charge is 2.43. The number of rotatable bonds is 3. The van der Waals surface area contributed by atoms with Gasteiger partial charge in [0.2, 0.25) is 0 Å². The molecule has 80 valence electrons. The molecule has 0 amide bonds. The number of benzene rings is 1. The summed E-state index contributed by atoms with van der Waals surface area (Å²) < 4.78 is 18.8. The number of hydrogen-bond donors (Lipinski definition) is 1. The normalized spacial score (nSPS) is 24.6. The molecule has 1 aromatic rings.